The summed E-state index contributed by atoms with van der Waals surface area (Å²) in [6, 6.07) is 91.7. The number of aromatic nitrogens is 5. The normalized spacial score (nSPS) is 13.8. The van der Waals surface area contributed by atoms with Gasteiger partial charge >= 0.3 is 6.97 Å². The molecule has 0 saturated carbocycles. The average Bonchev–Trinajstić information content (AvgIpc) is 1.56. The van der Waals surface area contributed by atoms with Crippen LogP contribution in [-0.2, 0) is 0 Å². The molecule has 7 aromatic carbocycles. The molecule has 13 heterocycles. The Morgan fingerprint density at radius 3 is 1.16 bits per heavy atom. The van der Waals surface area contributed by atoms with Crippen LogP contribution in [0.3, 0.4) is 0 Å². The molecule has 0 atom stereocenters. The van der Waals surface area contributed by atoms with Crippen molar-refractivity contribution in [2.75, 3.05) is 0 Å². The smallest absolute Gasteiger partial charge is 0.456 e. The molecule has 0 saturated heterocycles. The van der Waals surface area contributed by atoms with Crippen LogP contribution in [0.4, 0.5) is 8.63 Å². The Morgan fingerprint density at radius 2 is 0.710 bits per heavy atom. The Bertz CT molecular complexity index is 7080. The summed E-state index contributed by atoms with van der Waals surface area (Å²) in [7, 11) is 0. The van der Waals surface area contributed by atoms with Crippen LogP contribution in [-0.4, -0.2) is 41.6 Å². The maximum absolute atomic E-state index is 18.4. The summed E-state index contributed by atoms with van der Waals surface area (Å²) in [5.74, 6) is 8.20. The van der Waals surface area contributed by atoms with Gasteiger partial charge in [0.2, 0.25) is 0 Å². The van der Waals surface area contributed by atoms with Gasteiger partial charge in [-0.15, -0.1) is 34.0 Å². The number of aromatic amines is 2. The third-order valence-corrected chi connectivity index (χ3v) is 24.2. The summed E-state index contributed by atoms with van der Waals surface area (Å²) in [5.41, 5.74) is 22.9. The Morgan fingerprint density at radius 1 is 0.346 bits per heavy atom. The molecule has 2 N–H and O–H groups in total. The van der Waals surface area contributed by atoms with Gasteiger partial charge in [0.05, 0.1) is 44.4 Å². The van der Waals surface area contributed by atoms with Crippen LogP contribution in [0.2, 0.25) is 0 Å². The maximum Gasteiger partial charge on any atom is 0.738 e. The molecule has 0 radical (unpaired) electrons. The molecule has 0 spiro atoms. The first-order valence-electron chi connectivity index (χ1n) is 35.7. The summed E-state index contributed by atoms with van der Waals surface area (Å²) in [6.07, 6.45) is 12.3. The number of H-pyrrole nitrogens is 2. The second kappa shape index (κ2) is 25.5. The SMILES string of the molecule is Cc1ccc(-c2c3nc(c(-c4ccc(C)cc4)c4ccc(s4)c4ccc(s4)c(-c4ccc(C)cc4)c4nc(c(-c5ccc(C#Cc6ccc(C7=c8ccc9n8[B-](F)(F)[N+]8=C7C=CC8=c7ccc([nH]7)=C(c7ccccc7)c7ccc(o7)C(c7ccccc7)=c7ccc=9[nH]7)cc6)cc5)c5ccc2s5)C=C4)C=C3)cc1. The van der Waals surface area contributed by atoms with Crippen molar-refractivity contribution in [1.29, 1.82) is 0 Å². The van der Waals surface area contributed by atoms with Gasteiger partial charge in [-0.1, -0.05) is 186 Å². The van der Waals surface area contributed by atoms with E-state index in [4.69, 9.17) is 14.4 Å². The molecule has 508 valence electrons. The second-order valence-corrected chi connectivity index (χ2v) is 30.8. The van der Waals surface area contributed by atoms with Crippen LogP contribution < -0.4 is 21.4 Å². The van der Waals surface area contributed by atoms with Gasteiger partial charge in [0, 0.05) is 95.6 Å². The molecule has 5 aliphatic rings. The lowest BCUT2D eigenvalue weighted by molar-refractivity contribution is -0.318. The predicted octanol–water partition coefficient (Wildman–Crippen LogP) is 20.3. The van der Waals surface area contributed by atoms with E-state index < -0.39 is 6.97 Å². The van der Waals surface area contributed by atoms with E-state index in [1.54, 1.807) is 46.2 Å². The van der Waals surface area contributed by atoms with E-state index in [0.717, 1.165) is 136 Å². The Kier molecular flexibility index (Phi) is 15.2. The molecule has 0 amide bonds. The number of thiophene rings is 3. The van der Waals surface area contributed by atoms with Crippen molar-refractivity contribution in [3.63, 3.8) is 0 Å². The highest BCUT2D eigenvalue weighted by atomic mass is 32.1. The zero-order valence-corrected chi connectivity index (χ0v) is 60.6. The van der Waals surface area contributed by atoms with Gasteiger partial charge in [-0.05, 0) is 193 Å². The standard InChI is InChI=1S/C94H61BF2N6OS3/c1-56-14-26-63(27-15-56)90-72-40-42-74(100-72)92(65-30-18-58(3)19-31-65)86-54-55-87(107-86)93(75-43-41-73(101-75)91(64-28-16-57(2)17-29-64)85-53-51-83(106-85)82-50-52-84(90)105-82)66-32-22-59(23-33-66)20-21-60-24-34-67(35-25-60)94-78-46-44-76-68-36-38-70(98-68)88(61-10-6-4-7-11-61)80-48-49-81(104-80)89(62-12-8-5-9-13-62)71-39-37-69(99-71)77-45-47-79(94)103(77)95(96,97)102(76)78/h4-19,22-55,98-99H,1-3H3. The summed E-state index contributed by atoms with van der Waals surface area (Å²) in [6.45, 7) is 1.89. The van der Waals surface area contributed by atoms with E-state index >= 15 is 8.63 Å². The monoisotopic (exact) mass is 1430 g/mol. The van der Waals surface area contributed by atoms with Crippen molar-refractivity contribution in [2.45, 2.75) is 20.8 Å². The zero-order valence-electron chi connectivity index (χ0n) is 58.1. The number of nitrogens with zero attached hydrogens (tertiary/aromatic N) is 4. The van der Waals surface area contributed by atoms with Gasteiger partial charge < -0.3 is 32.0 Å². The second-order valence-electron chi connectivity index (χ2n) is 27.6. The summed E-state index contributed by atoms with van der Waals surface area (Å²) in [5, 5.41) is 3.28. The topological polar surface area (TPSA) is 78.4 Å². The van der Waals surface area contributed by atoms with E-state index in [1.165, 1.54) is 35.1 Å². The fourth-order valence-corrected chi connectivity index (χ4v) is 18.9. The molecule has 8 aromatic heterocycles. The number of nitrogens with one attached hydrogen (secondary N) is 2. The number of furan rings is 1. The number of allylic oxidation sites excluding steroid dienone is 1. The fraction of sp³-hybridized carbons (Fsp3) is 0.0319. The zero-order chi connectivity index (χ0) is 71.6. The highest BCUT2D eigenvalue weighted by molar-refractivity contribution is 7.31. The van der Waals surface area contributed by atoms with Gasteiger partial charge in [-0.25, -0.2) is 9.97 Å². The summed E-state index contributed by atoms with van der Waals surface area (Å²) >= 11 is 5.34. The number of hydrogen-bond acceptors (Lipinski definition) is 6. The minimum atomic E-state index is -4.50. The molecular formula is C94H61BF2N6OS3. The number of aryl methyl sites for hydroxylation is 3. The minimum Gasteiger partial charge on any atom is -0.456 e. The maximum atomic E-state index is 18.4. The number of benzene rings is 7. The molecule has 7 nitrogen and oxygen atoms in total. The highest BCUT2D eigenvalue weighted by Crippen LogP contribution is 2.44. The van der Waals surface area contributed by atoms with Crippen molar-refractivity contribution in [3.05, 3.63) is 390 Å². The van der Waals surface area contributed by atoms with Crippen LogP contribution in [0.25, 0.3) is 119 Å². The van der Waals surface area contributed by atoms with Crippen LogP contribution in [0.15, 0.2) is 283 Å². The molecule has 15 aromatic rings. The van der Waals surface area contributed by atoms with Gasteiger partial charge in [0.15, 0.2) is 11.4 Å². The largest absolute Gasteiger partial charge is 0.738 e. The quantitative estimate of drug-likeness (QED) is 0.123. The summed E-state index contributed by atoms with van der Waals surface area (Å²) < 4.78 is 52.9. The Balaban J connectivity index is 0.729. The fourth-order valence-electron chi connectivity index (χ4n) is 15.5. The van der Waals surface area contributed by atoms with Crippen molar-refractivity contribution >= 4 is 122 Å². The number of hydrogen-bond donors (Lipinski definition) is 2. The van der Waals surface area contributed by atoms with E-state index in [0.29, 0.717) is 49.9 Å². The van der Waals surface area contributed by atoms with Gasteiger partial charge in [0.25, 0.3) is 0 Å². The minimum absolute atomic E-state index is 0.351. The average molecular weight is 1440 g/mol. The van der Waals surface area contributed by atoms with Crippen molar-refractivity contribution in [3.8, 4) is 56.3 Å². The predicted molar refractivity (Wildman–Crippen MR) is 439 cm³/mol. The molecular weight excluding hydrogens is 1370 g/mol. The van der Waals surface area contributed by atoms with Crippen molar-refractivity contribution < 1.29 is 17.5 Å². The van der Waals surface area contributed by atoms with Gasteiger partial charge in [-0.3, -0.25) is 0 Å². The molecule has 18 bridgehead atoms. The number of halogens is 2. The van der Waals surface area contributed by atoms with Crippen LogP contribution in [0.5, 0.6) is 0 Å². The Labute approximate surface area is 626 Å². The first-order valence-corrected chi connectivity index (χ1v) is 38.1. The molecule has 107 heavy (non-hydrogen) atoms. The van der Waals surface area contributed by atoms with Crippen LogP contribution in [0.1, 0.15) is 78.8 Å². The first kappa shape index (κ1) is 63.8. The van der Waals surface area contributed by atoms with Crippen LogP contribution >= 0.6 is 34.0 Å². The number of fused-ring (bicyclic) bond motifs is 17. The molecule has 13 heteroatoms. The molecule has 0 unspecified atom stereocenters. The van der Waals surface area contributed by atoms with E-state index in [2.05, 4.69) is 200 Å². The lowest BCUT2D eigenvalue weighted by Gasteiger charge is -2.29. The number of rotatable bonds is 7. The molecule has 0 fully saturated rings. The van der Waals surface area contributed by atoms with Crippen LogP contribution in [0, 0.1) is 43.3 Å². The van der Waals surface area contributed by atoms with Gasteiger partial charge in [0.1, 0.15) is 16.9 Å². The third-order valence-electron chi connectivity index (χ3n) is 20.7. The van der Waals surface area contributed by atoms with Crippen molar-refractivity contribution in [1.82, 2.24) is 24.4 Å². The lowest BCUT2D eigenvalue weighted by Crippen LogP contribution is -2.56. The first-order chi connectivity index (χ1) is 52.5. The summed E-state index contributed by atoms with van der Waals surface area (Å²) in [4.78, 5) is 18.4. The third kappa shape index (κ3) is 11.1. The van der Waals surface area contributed by atoms with E-state index in [-0.39, 0.29) is 0 Å². The van der Waals surface area contributed by atoms with Gasteiger partial charge in [-0.2, -0.15) is 0 Å². The Hall–Kier alpha value is -12.8. The highest BCUT2D eigenvalue weighted by Gasteiger charge is 2.53. The lowest BCUT2D eigenvalue weighted by atomic mass is 9.88. The van der Waals surface area contributed by atoms with E-state index in [9.17, 15) is 0 Å². The van der Waals surface area contributed by atoms with E-state index in [1.807, 2.05) is 133 Å². The molecule has 5 aliphatic heterocycles. The molecule has 20 rings (SSSR count). The van der Waals surface area contributed by atoms with Crippen molar-refractivity contribution in [2.24, 2.45) is 0 Å². The molecule has 0 aliphatic carbocycles.